The van der Waals surface area contributed by atoms with Crippen LogP contribution in [0, 0.1) is 5.82 Å². The summed E-state index contributed by atoms with van der Waals surface area (Å²) in [5, 5.41) is 5.54. The Morgan fingerprint density at radius 3 is 2.83 bits per heavy atom. The zero-order valence-corrected chi connectivity index (χ0v) is 13.7. The van der Waals surface area contributed by atoms with Gasteiger partial charge >= 0.3 is 0 Å². The van der Waals surface area contributed by atoms with Crippen LogP contribution in [-0.2, 0) is 24.1 Å². The lowest BCUT2D eigenvalue weighted by Gasteiger charge is -2.03. The van der Waals surface area contributed by atoms with Crippen LogP contribution in [0.25, 0.3) is 0 Å². The summed E-state index contributed by atoms with van der Waals surface area (Å²) in [7, 11) is 0. The van der Waals surface area contributed by atoms with Crippen molar-refractivity contribution < 1.29 is 9.18 Å². The van der Waals surface area contributed by atoms with E-state index >= 15 is 0 Å². The standard InChI is InChI=1S/C18H16FN3OS/c19-13-4-3-6-15(10-13)21-17(23)11-16-12-24-18(22-16)8-7-14-5-1-2-9-20-14/h1-6,9-10,12H,7-8,11H2,(H,21,23). The highest BCUT2D eigenvalue weighted by atomic mass is 32.1. The van der Waals surface area contributed by atoms with E-state index in [1.807, 2.05) is 23.6 Å². The lowest BCUT2D eigenvalue weighted by atomic mass is 10.2. The van der Waals surface area contributed by atoms with Gasteiger partial charge in [0.15, 0.2) is 0 Å². The number of anilines is 1. The Balaban J connectivity index is 1.53. The number of carbonyl (C=O) groups is 1. The van der Waals surface area contributed by atoms with E-state index in [9.17, 15) is 9.18 Å². The number of pyridine rings is 1. The van der Waals surface area contributed by atoms with E-state index in [2.05, 4.69) is 15.3 Å². The van der Waals surface area contributed by atoms with Crippen molar-refractivity contribution in [2.45, 2.75) is 19.3 Å². The van der Waals surface area contributed by atoms with E-state index in [4.69, 9.17) is 0 Å². The molecule has 2 heterocycles. The summed E-state index contributed by atoms with van der Waals surface area (Å²) in [6, 6.07) is 11.7. The molecule has 0 aliphatic carbocycles. The molecule has 3 rings (SSSR count). The first kappa shape index (κ1) is 16.3. The molecule has 122 valence electrons. The van der Waals surface area contributed by atoms with Crippen LogP contribution in [0.5, 0.6) is 0 Å². The highest BCUT2D eigenvalue weighted by molar-refractivity contribution is 7.09. The topological polar surface area (TPSA) is 54.9 Å². The second-order valence-corrected chi connectivity index (χ2v) is 6.23. The summed E-state index contributed by atoms with van der Waals surface area (Å²) < 4.78 is 13.1. The first-order valence-electron chi connectivity index (χ1n) is 7.57. The third kappa shape index (κ3) is 4.70. The van der Waals surface area contributed by atoms with Crippen LogP contribution >= 0.6 is 11.3 Å². The molecule has 0 fully saturated rings. The quantitative estimate of drug-likeness (QED) is 0.745. The Morgan fingerprint density at radius 2 is 2.04 bits per heavy atom. The maximum absolute atomic E-state index is 13.1. The molecule has 0 saturated carbocycles. The Kier molecular flexibility index (Phi) is 5.28. The number of amides is 1. The molecule has 3 aromatic rings. The number of thiazole rings is 1. The Bertz CT molecular complexity index is 820. The fourth-order valence-electron chi connectivity index (χ4n) is 2.26. The predicted octanol–water partition coefficient (Wildman–Crippen LogP) is 3.64. The molecule has 1 N–H and O–H groups in total. The van der Waals surface area contributed by atoms with E-state index in [-0.39, 0.29) is 18.1 Å². The molecular formula is C18H16FN3OS. The van der Waals surface area contributed by atoms with Gasteiger partial charge in [0, 0.05) is 29.4 Å². The molecule has 6 heteroatoms. The van der Waals surface area contributed by atoms with Gasteiger partial charge in [-0.2, -0.15) is 0 Å². The van der Waals surface area contributed by atoms with Gasteiger partial charge in [-0.1, -0.05) is 12.1 Å². The van der Waals surface area contributed by atoms with Crippen molar-refractivity contribution >= 4 is 22.9 Å². The van der Waals surface area contributed by atoms with Crippen LogP contribution in [0.2, 0.25) is 0 Å². The van der Waals surface area contributed by atoms with Crippen molar-refractivity contribution in [3.05, 3.63) is 76.3 Å². The molecule has 0 bridgehead atoms. The molecular weight excluding hydrogens is 325 g/mol. The highest BCUT2D eigenvalue weighted by Gasteiger charge is 2.09. The summed E-state index contributed by atoms with van der Waals surface area (Å²) in [5.41, 5.74) is 2.20. The highest BCUT2D eigenvalue weighted by Crippen LogP contribution is 2.14. The van der Waals surface area contributed by atoms with Crippen LogP contribution in [0.4, 0.5) is 10.1 Å². The third-order valence-corrected chi connectivity index (χ3v) is 4.33. The third-order valence-electron chi connectivity index (χ3n) is 3.37. The first-order valence-corrected chi connectivity index (χ1v) is 8.45. The molecule has 2 aromatic heterocycles. The van der Waals surface area contributed by atoms with Crippen molar-refractivity contribution in [1.29, 1.82) is 0 Å². The SMILES string of the molecule is O=C(Cc1csc(CCc2ccccn2)n1)Nc1cccc(F)c1. The van der Waals surface area contributed by atoms with Crippen molar-refractivity contribution in [3.63, 3.8) is 0 Å². The minimum absolute atomic E-state index is 0.177. The largest absolute Gasteiger partial charge is 0.326 e. The first-order chi connectivity index (χ1) is 11.7. The smallest absolute Gasteiger partial charge is 0.230 e. The van der Waals surface area contributed by atoms with Crippen LogP contribution in [0.3, 0.4) is 0 Å². The normalized spacial score (nSPS) is 10.5. The number of hydrogen-bond donors (Lipinski definition) is 1. The average molecular weight is 341 g/mol. The number of aromatic nitrogens is 2. The van der Waals surface area contributed by atoms with Crippen molar-refractivity contribution in [3.8, 4) is 0 Å². The molecule has 0 unspecified atom stereocenters. The number of nitrogens with one attached hydrogen (secondary N) is 1. The van der Waals surface area contributed by atoms with Gasteiger partial charge in [0.2, 0.25) is 5.91 Å². The fraction of sp³-hybridized carbons (Fsp3) is 0.167. The van der Waals surface area contributed by atoms with Gasteiger partial charge in [-0.3, -0.25) is 9.78 Å². The Hall–Kier alpha value is -2.60. The van der Waals surface area contributed by atoms with Gasteiger partial charge < -0.3 is 5.32 Å². The number of halogens is 1. The summed E-state index contributed by atoms with van der Waals surface area (Å²) in [6.07, 6.45) is 3.58. The van der Waals surface area contributed by atoms with Gasteiger partial charge in [0.1, 0.15) is 5.82 Å². The van der Waals surface area contributed by atoms with E-state index in [0.717, 1.165) is 29.2 Å². The number of aryl methyl sites for hydroxylation is 2. The maximum atomic E-state index is 13.1. The fourth-order valence-corrected chi connectivity index (χ4v) is 3.06. The summed E-state index contributed by atoms with van der Waals surface area (Å²) in [6.45, 7) is 0. The molecule has 0 radical (unpaired) electrons. The van der Waals surface area contributed by atoms with E-state index in [1.54, 1.807) is 29.7 Å². The number of nitrogens with zero attached hydrogens (tertiary/aromatic N) is 2. The van der Waals surface area contributed by atoms with E-state index in [1.165, 1.54) is 12.1 Å². The van der Waals surface area contributed by atoms with Crippen molar-refractivity contribution in [1.82, 2.24) is 9.97 Å². The number of hydrogen-bond acceptors (Lipinski definition) is 4. The lowest BCUT2D eigenvalue weighted by molar-refractivity contribution is -0.115. The minimum atomic E-state index is -0.377. The number of carbonyl (C=O) groups excluding carboxylic acids is 1. The molecule has 4 nitrogen and oxygen atoms in total. The van der Waals surface area contributed by atoms with Crippen LogP contribution in [0.1, 0.15) is 16.4 Å². The van der Waals surface area contributed by atoms with Gasteiger partial charge in [0.05, 0.1) is 17.1 Å². The number of benzene rings is 1. The molecule has 0 aliphatic rings. The Labute approximate surface area is 143 Å². The van der Waals surface area contributed by atoms with Crippen LogP contribution in [-0.4, -0.2) is 15.9 Å². The zero-order chi connectivity index (χ0) is 16.8. The monoisotopic (exact) mass is 341 g/mol. The van der Waals surface area contributed by atoms with Gasteiger partial charge in [-0.15, -0.1) is 11.3 Å². The van der Waals surface area contributed by atoms with Gasteiger partial charge in [-0.25, -0.2) is 9.37 Å². The lowest BCUT2D eigenvalue weighted by Crippen LogP contribution is -2.14. The maximum Gasteiger partial charge on any atom is 0.230 e. The second-order valence-electron chi connectivity index (χ2n) is 5.29. The number of rotatable bonds is 6. The zero-order valence-electron chi connectivity index (χ0n) is 12.9. The molecule has 24 heavy (non-hydrogen) atoms. The molecule has 0 spiro atoms. The average Bonchev–Trinajstić information content (AvgIpc) is 3.01. The molecule has 0 saturated heterocycles. The van der Waals surface area contributed by atoms with Crippen LogP contribution in [0.15, 0.2) is 54.0 Å². The summed E-state index contributed by atoms with van der Waals surface area (Å²) in [4.78, 5) is 20.8. The van der Waals surface area contributed by atoms with E-state index in [0.29, 0.717) is 5.69 Å². The summed E-state index contributed by atoms with van der Waals surface area (Å²) >= 11 is 1.54. The predicted molar refractivity (Wildman–Crippen MR) is 92.5 cm³/mol. The minimum Gasteiger partial charge on any atom is -0.326 e. The molecule has 0 atom stereocenters. The van der Waals surface area contributed by atoms with E-state index < -0.39 is 0 Å². The van der Waals surface area contributed by atoms with Crippen molar-refractivity contribution in [2.75, 3.05) is 5.32 Å². The van der Waals surface area contributed by atoms with Gasteiger partial charge in [0.25, 0.3) is 0 Å². The van der Waals surface area contributed by atoms with Gasteiger partial charge in [-0.05, 0) is 36.8 Å². The second kappa shape index (κ2) is 7.79. The molecule has 0 aliphatic heterocycles. The molecule has 1 amide bonds. The summed E-state index contributed by atoms with van der Waals surface area (Å²) in [5.74, 6) is -0.583. The molecule has 1 aromatic carbocycles. The Morgan fingerprint density at radius 1 is 1.12 bits per heavy atom. The van der Waals surface area contributed by atoms with Crippen molar-refractivity contribution in [2.24, 2.45) is 0 Å². The van der Waals surface area contributed by atoms with Crippen LogP contribution < -0.4 is 5.32 Å².